The van der Waals surface area contributed by atoms with Crippen molar-refractivity contribution < 1.29 is 19.1 Å². The van der Waals surface area contributed by atoms with Crippen molar-refractivity contribution >= 4 is 12.2 Å². The van der Waals surface area contributed by atoms with Crippen molar-refractivity contribution in [3.8, 4) is 0 Å². The van der Waals surface area contributed by atoms with E-state index in [2.05, 4.69) is 12.0 Å². The van der Waals surface area contributed by atoms with Crippen molar-refractivity contribution in [2.75, 3.05) is 0 Å². The maximum atomic E-state index is 12.3. The van der Waals surface area contributed by atoms with Gasteiger partial charge < -0.3 is 9.47 Å². The molecule has 0 unspecified atom stereocenters. The van der Waals surface area contributed by atoms with Crippen molar-refractivity contribution in [1.82, 2.24) is 10.4 Å². The Morgan fingerprint density at radius 1 is 1.32 bits per heavy atom. The van der Waals surface area contributed by atoms with E-state index in [1.54, 1.807) is 33.8 Å². The smallest absolute Gasteiger partial charge is 0.429 e. The minimum atomic E-state index is -0.667. The van der Waals surface area contributed by atoms with Gasteiger partial charge in [-0.3, -0.25) is 0 Å². The summed E-state index contributed by atoms with van der Waals surface area (Å²) in [6.45, 7) is 10.7. The summed E-state index contributed by atoms with van der Waals surface area (Å²) >= 11 is 0. The van der Waals surface area contributed by atoms with Crippen LogP contribution in [0.4, 0.5) is 9.59 Å². The number of ether oxygens (including phenoxy) is 2. The van der Waals surface area contributed by atoms with E-state index in [4.69, 9.17) is 9.47 Å². The van der Waals surface area contributed by atoms with Gasteiger partial charge in [-0.25, -0.2) is 20.0 Å². The lowest BCUT2D eigenvalue weighted by Gasteiger charge is -2.32. The molecule has 1 aliphatic rings. The molecule has 1 N–H and O–H groups in total. The summed E-state index contributed by atoms with van der Waals surface area (Å²) in [4.78, 5) is 24.1. The van der Waals surface area contributed by atoms with Gasteiger partial charge in [-0.1, -0.05) is 18.2 Å². The van der Waals surface area contributed by atoms with Gasteiger partial charge >= 0.3 is 12.2 Å². The summed E-state index contributed by atoms with van der Waals surface area (Å²) in [7, 11) is 0. The average molecular weight is 310 g/mol. The largest absolute Gasteiger partial charge is 0.446 e. The molecule has 0 radical (unpaired) electrons. The second-order valence-corrected chi connectivity index (χ2v) is 5.79. The zero-order valence-electron chi connectivity index (χ0n) is 13.7. The van der Waals surface area contributed by atoms with Crippen LogP contribution in [0.1, 0.15) is 40.5 Å². The molecule has 2 amide bonds. The van der Waals surface area contributed by atoms with E-state index in [9.17, 15) is 9.59 Å². The number of hydrogen-bond acceptors (Lipinski definition) is 4. The van der Waals surface area contributed by atoms with Crippen molar-refractivity contribution in [2.45, 2.75) is 58.8 Å². The first-order valence-electron chi connectivity index (χ1n) is 7.59. The molecule has 1 aliphatic carbocycles. The molecule has 6 heteroatoms. The standard InChI is InChI=1S/C16H26N2O4/c1-6-8-13-9-7-10-14(13)18(16(20)22-12(4)5)17-15(19)21-11(2)3/h6-7,9,11-14H,1,8,10H2,2-5H3,(H,17,19)/t13-,14-/m0/s1. The molecule has 124 valence electrons. The number of hydrazine groups is 1. The Hall–Kier alpha value is -1.98. The van der Waals surface area contributed by atoms with Gasteiger partial charge in [0.2, 0.25) is 0 Å². The fourth-order valence-electron chi connectivity index (χ4n) is 2.28. The van der Waals surface area contributed by atoms with Gasteiger partial charge in [0.15, 0.2) is 0 Å². The van der Waals surface area contributed by atoms with Crippen LogP contribution in [0.2, 0.25) is 0 Å². The lowest BCUT2D eigenvalue weighted by Crippen LogP contribution is -2.54. The maximum absolute atomic E-state index is 12.3. The molecule has 0 saturated carbocycles. The number of carbonyl (C=O) groups excluding carboxylic acids is 2. The second kappa shape index (κ2) is 8.46. The topological polar surface area (TPSA) is 67.9 Å². The Bertz CT molecular complexity index is 432. The van der Waals surface area contributed by atoms with Crippen molar-refractivity contribution in [3.63, 3.8) is 0 Å². The highest BCUT2D eigenvalue weighted by atomic mass is 16.6. The van der Waals surface area contributed by atoms with E-state index < -0.39 is 12.2 Å². The van der Waals surface area contributed by atoms with E-state index in [0.717, 1.165) is 0 Å². The molecule has 0 fully saturated rings. The molecule has 2 atom stereocenters. The summed E-state index contributed by atoms with van der Waals surface area (Å²) in [5.74, 6) is 0.0940. The molecular formula is C16H26N2O4. The molecule has 0 saturated heterocycles. The third-order valence-electron chi connectivity index (χ3n) is 3.11. The number of hydrogen-bond donors (Lipinski definition) is 1. The summed E-state index contributed by atoms with van der Waals surface area (Å²) in [6, 6.07) is -0.205. The summed E-state index contributed by atoms with van der Waals surface area (Å²) in [5.41, 5.74) is 2.51. The van der Waals surface area contributed by atoms with Gasteiger partial charge in [0.05, 0.1) is 18.2 Å². The second-order valence-electron chi connectivity index (χ2n) is 5.79. The molecule has 6 nitrogen and oxygen atoms in total. The van der Waals surface area contributed by atoms with Gasteiger partial charge in [-0.15, -0.1) is 6.58 Å². The van der Waals surface area contributed by atoms with E-state index >= 15 is 0 Å². The van der Waals surface area contributed by atoms with Crippen LogP contribution in [0.3, 0.4) is 0 Å². The van der Waals surface area contributed by atoms with Crippen LogP contribution in [0.15, 0.2) is 24.8 Å². The lowest BCUT2D eigenvalue weighted by atomic mass is 9.99. The predicted molar refractivity (Wildman–Crippen MR) is 84.1 cm³/mol. The third kappa shape index (κ3) is 5.42. The zero-order chi connectivity index (χ0) is 16.7. The number of nitrogens with one attached hydrogen (secondary N) is 1. The van der Waals surface area contributed by atoms with E-state index in [1.807, 2.05) is 12.2 Å². The van der Waals surface area contributed by atoms with Gasteiger partial charge in [0, 0.05) is 5.92 Å². The predicted octanol–water partition coefficient (Wildman–Crippen LogP) is 3.40. The van der Waals surface area contributed by atoms with Gasteiger partial charge in [-0.2, -0.15) is 0 Å². The fraction of sp³-hybridized carbons (Fsp3) is 0.625. The van der Waals surface area contributed by atoms with E-state index in [0.29, 0.717) is 12.8 Å². The van der Waals surface area contributed by atoms with E-state index in [-0.39, 0.29) is 24.2 Å². The SMILES string of the molecule is C=CC[C@H]1C=CC[C@@H]1N(NC(=O)OC(C)C)C(=O)OC(C)C. The molecule has 1 rings (SSSR count). The maximum Gasteiger partial charge on any atom is 0.429 e. The van der Waals surface area contributed by atoms with Crippen LogP contribution in [-0.4, -0.2) is 35.4 Å². The summed E-state index contributed by atoms with van der Waals surface area (Å²) in [6.07, 6.45) is 5.38. The first kappa shape index (κ1) is 18.1. The molecule has 0 bridgehead atoms. The highest BCUT2D eigenvalue weighted by Crippen LogP contribution is 2.26. The van der Waals surface area contributed by atoms with Crippen molar-refractivity contribution in [2.24, 2.45) is 5.92 Å². The number of nitrogens with zero attached hydrogens (tertiary/aromatic N) is 1. The van der Waals surface area contributed by atoms with Crippen LogP contribution >= 0.6 is 0 Å². The Morgan fingerprint density at radius 2 is 1.95 bits per heavy atom. The highest BCUT2D eigenvalue weighted by molar-refractivity contribution is 5.74. The molecule has 22 heavy (non-hydrogen) atoms. The van der Waals surface area contributed by atoms with Gasteiger partial charge in [0.25, 0.3) is 0 Å². The number of allylic oxidation sites excluding steroid dienone is 1. The first-order valence-corrected chi connectivity index (χ1v) is 7.59. The number of rotatable bonds is 5. The third-order valence-corrected chi connectivity index (χ3v) is 3.11. The molecular weight excluding hydrogens is 284 g/mol. The molecule has 0 aromatic carbocycles. The Kier molecular flexibility index (Phi) is 6.95. The van der Waals surface area contributed by atoms with Crippen molar-refractivity contribution in [1.29, 1.82) is 0 Å². The number of amides is 2. The zero-order valence-corrected chi connectivity index (χ0v) is 13.7. The minimum Gasteiger partial charge on any atom is -0.446 e. The minimum absolute atomic E-state index is 0.0940. The molecule has 0 spiro atoms. The van der Waals surface area contributed by atoms with Crippen LogP contribution in [0.5, 0.6) is 0 Å². The first-order chi connectivity index (χ1) is 10.3. The van der Waals surface area contributed by atoms with Crippen LogP contribution in [0.25, 0.3) is 0 Å². The highest BCUT2D eigenvalue weighted by Gasteiger charge is 2.34. The molecule has 0 heterocycles. The Labute approximate surface area is 132 Å². The molecule has 0 aromatic heterocycles. The normalized spacial score (nSPS) is 20.1. The Balaban J connectivity index is 2.83. The lowest BCUT2D eigenvalue weighted by molar-refractivity contribution is 0.0263. The quantitative estimate of drug-likeness (QED) is 0.624. The average Bonchev–Trinajstić information content (AvgIpc) is 2.82. The van der Waals surface area contributed by atoms with E-state index in [1.165, 1.54) is 5.01 Å². The van der Waals surface area contributed by atoms with Gasteiger partial charge in [-0.05, 0) is 40.5 Å². The van der Waals surface area contributed by atoms with Gasteiger partial charge in [0.1, 0.15) is 0 Å². The fourth-order valence-corrected chi connectivity index (χ4v) is 2.28. The monoisotopic (exact) mass is 310 g/mol. The molecule has 0 aromatic rings. The summed E-state index contributed by atoms with van der Waals surface area (Å²) < 4.78 is 10.3. The molecule has 0 aliphatic heterocycles. The van der Waals surface area contributed by atoms with Crippen LogP contribution in [0, 0.1) is 5.92 Å². The number of carbonyl (C=O) groups is 2. The van der Waals surface area contributed by atoms with Crippen LogP contribution < -0.4 is 5.43 Å². The Morgan fingerprint density at radius 3 is 2.50 bits per heavy atom. The summed E-state index contributed by atoms with van der Waals surface area (Å²) in [5, 5.41) is 1.23. The van der Waals surface area contributed by atoms with Crippen molar-refractivity contribution in [3.05, 3.63) is 24.8 Å². The van der Waals surface area contributed by atoms with Crippen LogP contribution in [-0.2, 0) is 9.47 Å².